The van der Waals surface area contributed by atoms with E-state index in [2.05, 4.69) is 20.7 Å². The zero-order chi connectivity index (χ0) is 24.0. The van der Waals surface area contributed by atoms with Crippen molar-refractivity contribution >= 4 is 11.9 Å². The molecular weight excluding hydrogens is 436 g/mol. The number of aliphatic hydroxyl groups is 1. The fourth-order valence-electron chi connectivity index (χ4n) is 3.83. The number of carbonyl (C=O) groups is 2. The minimum absolute atomic E-state index is 0.184. The molecule has 34 heavy (non-hydrogen) atoms. The maximum absolute atomic E-state index is 12.8. The van der Waals surface area contributed by atoms with Crippen LogP contribution < -0.4 is 5.32 Å². The summed E-state index contributed by atoms with van der Waals surface area (Å²) in [4.78, 5) is 25.5. The number of hydrogen-bond acceptors (Lipinski definition) is 7. The molecule has 1 saturated heterocycles. The minimum atomic E-state index is -1.19. The lowest BCUT2D eigenvalue weighted by atomic mass is 9.82. The van der Waals surface area contributed by atoms with E-state index in [1.165, 1.54) is 6.20 Å². The highest BCUT2D eigenvalue weighted by Crippen LogP contribution is 2.28. The van der Waals surface area contributed by atoms with Crippen LogP contribution in [0.25, 0.3) is 11.1 Å². The molecule has 0 radical (unpaired) electrons. The van der Waals surface area contributed by atoms with Gasteiger partial charge >= 0.3 is 5.97 Å². The summed E-state index contributed by atoms with van der Waals surface area (Å²) in [6.07, 6.45) is 1.67. The van der Waals surface area contributed by atoms with Crippen molar-refractivity contribution in [3.8, 4) is 11.1 Å². The normalized spacial score (nSPS) is 16.2. The second kappa shape index (κ2) is 10.6. The number of hydrogen-bond donors (Lipinski definition) is 3. The SMILES string of the molecule is C[C@@](CO)(C[C@@H](Cc1ccc(-c2ccccc2)cc1)NC(=O)c1cnn[nH]1)C(=O)OC1COC1. The van der Waals surface area contributed by atoms with Gasteiger partial charge in [0.1, 0.15) is 11.8 Å². The van der Waals surface area contributed by atoms with E-state index >= 15 is 0 Å². The summed E-state index contributed by atoms with van der Waals surface area (Å²) in [7, 11) is 0. The number of amides is 1. The number of ether oxygens (including phenoxy) is 2. The van der Waals surface area contributed by atoms with Crippen LogP contribution in [0.15, 0.2) is 60.8 Å². The molecule has 0 saturated carbocycles. The maximum atomic E-state index is 12.8. The van der Waals surface area contributed by atoms with Crippen LogP contribution in [-0.4, -0.2) is 64.4 Å². The number of esters is 1. The van der Waals surface area contributed by atoms with Gasteiger partial charge in [0.2, 0.25) is 0 Å². The van der Waals surface area contributed by atoms with E-state index in [1.807, 2.05) is 54.6 Å². The zero-order valence-corrected chi connectivity index (χ0v) is 18.9. The first kappa shape index (κ1) is 23.6. The van der Waals surface area contributed by atoms with Crippen molar-refractivity contribution < 1.29 is 24.2 Å². The third kappa shape index (κ3) is 5.67. The minimum Gasteiger partial charge on any atom is -0.457 e. The molecule has 9 heteroatoms. The molecule has 1 amide bonds. The Balaban J connectivity index is 1.51. The number of rotatable bonds is 10. The van der Waals surface area contributed by atoms with Crippen molar-refractivity contribution in [1.29, 1.82) is 0 Å². The highest BCUT2D eigenvalue weighted by molar-refractivity contribution is 5.92. The molecule has 178 valence electrons. The summed E-state index contributed by atoms with van der Waals surface area (Å²) >= 11 is 0. The van der Waals surface area contributed by atoms with Crippen LogP contribution in [0.2, 0.25) is 0 Å². The second-order valence-electron chi connectivity index (χ2n) is 8.80. The fourth-order valence-corrected chi connectivity index (χ4v) is 3.83. The Hall–Kier alpha value is -3.56. The molecule has 1 aliphatic heterocycles. The standard InChI is InChI=1S/C25H28N4O5/c1-25(16-30,24(32)34-21-14-33-15-21)12-20(27-23(31)22-13-26-29-28-22)11-17-7-9-19(10-8-17)18-5-3-2-4-6-18/h2-10,13,20-21,30H,11-12,14-16H2,1H3,(H,27,31)(H,26,28,29)/t20-,25+/m1/s1. The van der Waals surface area contributed by atoms with E-state index in [-0.39, 0.29) is 18.2 Å². The molecular formula is C25H28N4O5. The van der Waals surface area contributed by atoms with E-state index in [0.717, 1.165) is 16.7 Å². The number of aromatic nitrogens is 3. The lowest BCUT2D eigenvalue weighted by Gasteiger charge is -2.34. The van der Waals surface area contributed by atoms with Crippen LogP contribution in [0.4, 0.5) is 0 Å². The number of H-pyrrole nitrogens is 1. The second-order valence-corrected chi connectivity index (χ2v) is 8.80. The van der Waals surface area contributed by atoms with Gasteiger partial charge in [-0.2, -0.15) is 0 Å². The van der Waals surface area contributed by atoms with Crippen LogP contribution in [-0.2, 0) is 20.7 Å². The molecule has 0 spiro atoms. The quantitative estimate of drug-likeness (QED) is 0.393. The van der Waals surface area contributed by atoms with Crippen molar-refractivity contribution in [2.45, 2.75) is 31.9 Å². The smallest absolute Gasteiger partial charge is 0.314 e. The lowest BCUT2D eigenvalue weighted by molar-refractivity contribution is -0.185. The topological polar surface area (TPSA) is 126 Å². The summed E-state index contributed by atoms with van der Waals surface area (Å²) in [5.74, 6) is -0.901. The molecule has 4 rings (SSSR count). The summed E-state index contributed by atoms with van der Waals surface area (Å²) in [6, 6.07) is 17.6. The van der Waals surface area contributed by atoms with Gasteiger partial charge in [0.15, 0.2) is 0 Å². The Morgan fingerprint density at radius 3 is 2.47 bits per heavy atom. The third-order valence-corrected chi connectivity index (χ3v) is 5.96. The Kier molecular flexibility index (Phi) is 7.34. The van der Waals surface area contributed by atoms with Gasteiger partial charge in [0, 0.05) is 6.04 Å². The van der Waals surface area contributed by atoms with Gasteiger partial charge in [0.05, 0.1) is 31.4 Å². The lowest BCUT2D eigenvalue weighted by Crippen LogP contribution is -2.47. The van der Waals surface area contributed by atoms with Crippen molar-refractivity contribution in [3.63, 3.8) is 0 Å². The fraction of sp³-hybridized carbons (Fsp3) is 0.360. The Labute approximate surface area is 197 Å². The van der Waals surface area contributed by atoms with Crippen molar-refractivity contribution in [2.75, 3.05) is 19.8 Å². The predicted octanol–water partition coefficient (Wildman–Crippen LogP) is 2.14. The van der Waals surface area contributed by atoms with Crippen molar-refractivity contribution in [2.24, 2.45) is 5.41 Å². The monoisotopic (exact) mass is 464 g/mol. The molecule has 9 nitrogen and oxygen atoms in total. The highest BCUT2D eigenvalue weighted by atomic mass is 16.6. The van der Waals surface area contributed by atoms with E-state index in [4.69, 9.17) is 9.47 Å². The Bertz CT molecular complexity index is 1080. The first-order valence-corrected chi connectivity index (χ1v) is 11.2. The molecule has 3 aromatic rings. The van der Waals surface area contributed by atoms with Crippen LogP contribution in [0.1, 0.15) is 29.4 Å². The largest absolute Gasteiger partial charge is 0.457 e. The summed E-state index contributed by atoms with van der Waals surface area (Å²) in [5, 5.41) is 22.8. The molecule has 1 aliphatic rings. The molecule has 1 fully saturated rings. The molecule has 2 aromatic carbocycles. The molecule has 3 N–H and O–H groups in total. The average molecular weight is 465 g/mol. The van der Waals surface area contributed by atoms with Crippen LogP contribution in [0.5, 0.6) is 0 Å². The third-order valence-electron chi connectivity index (χ3n) is 5.96. The van der Waals surface area contributed by atoms with Gasteiger partial charge in [-0.25, -0.2) is 0 Å². The van der Waals surface area contributed by atoms with Gasteiger partial charge in [-0.05, 0) is 36.5 Å². The summed E-state index contributed by atoms with van der Waals surface area (Å²) in [5.41, 5.74) is 2.20. The van der Waals surface area contributed by atoms with Gasteiger partial charge in [-0.1, -0.05) is 59.8 Å². The van der Waals surface area contributed by atoms with Crippen LogP contribution in [0.3, 0.4) is 0 Å². The number of nitrogens with one attached hydrogen (secondary N) is 2. The molecule has 0 unspecified atom stereocenters. The van der Waals surface area contributed by atoms with Crippen LogP contribution >= 0.6 is 0 Å². The van der Waals surface area contributed by atoms with Gasteiger partial charge < -0.3 is 19.9 Å². The maximum Gasteiger partial charge on any atom is 0.314 e. The van der Waals surface area contributed by atoms with E-state index in [9.17, 15) is 14.7 Å². The van der Waals surface area contributed by atoms with Crippen molar-refractivity contribution in [3.05, 3.63) is 72.1 Å². The molecule has 0 bridgehead atoms. The molecule has 2 heterocycles. The molecule has 2 atom stereocenters. The number of aromatic amines is 1. The van der Waals surface area contributed by atoms with E-state index < -0.39 is 29.9 Å². The highest BCUT2D eigenvalue weighted by Gasteiger charge is 2.39. The van der Waals surface area contributed by atoms with E-state index in [1.54, 1.807) is 6.92 Å². The Morgan fingerprint density at radius 2 is 1.88 bits per heavy atom. The number of benzene rings is 2. The number of aliphatic hydroxyl groups excluding tert-OH is 1. The number of nitrogens with zero attached hydrogens (tertiary/aromatic N) is 2. The van der Waals surface area contributed by atoms with Crippen molar-refractivity contribution in [1.82, 2.24) is 20.7 Å². The Morgan fingerprint density at radius 1 is 1.18 bits per heavy atom. The average Bonchev–Trinajstić information content (AvgIpc) is 3.37. The first-order chi connectivity index (χ1) is 16.5. The van der Waals surface area contributed by atoms with E-state index in [0.29, 0.717) is 19.6 Å². The van der Waals surface area contributed by atoms with Crippen LogP contribution in [0, 0.1) is 5.41 Å². The predicted molar refractivity (Wildman–Crippen MR) is 124 cm³/mol. The summed E-state index contributed by atoms with van der Waals surface area (Å²) < 4.78 is 10.5. The zero-order valence-electron chi connectivity index (χ0n) is 18.9. The molecule has 0 aliphatic carbocycles. The van der Waals surface area contributed by atoms with Gasteiger partial charge in [0.25, 0.3) is 5.91 Å². The first-order valence-electron chi connectivity index (χ1n) is 11.2. The summed E-state index contributed by atoms with van der Waals surface area (Å²) in [6.45, 7) is 1.94. The number of carbonyl (C=O) groups excluding carboxylic acids is 2. The van der Waals surface area contributed by atoms with Gasteiger partial charge in [-0.15, -0.1) is 5.10 Å². The van der Waals surface area contributed by atoms with Gasteiger partial charge in [-0.3, -0.25) is 14.7 Å². The molecule has 1 aromatic heterocycles.